The van der Waals surface area contributed by atoms with Crippen LogP contribution in [0.3, 0.4) is 0 Å². The first-order valence-electron chi connectivity index (χ1n) is 10.8. The van der Waals surface area contributed by atoms with E-state index in [9.17, 15) is 22.8 Å². The van der Waals surface area contributed by atoms with Gasteiger partial charge >= 0.3 is 6.18 Å². The molecule has 0 saturated carbocycles. The highest BCUT2D eigenvalue weighted by Crippen LogP contribution is 2.37. The van der Waals surface area contributed by atoms with Crippen molar-refractivity contribution in [1.82, 2.24) is 10.2 Å². The van der Waals surface area contributed by atoms with E-state index >= 15 is 0 Å². The largest absolute Gasteiger partial charge is 0.454 e. The van der Waals surface area contributed by atoms with E-state index in [1.807, 2.05) is 0 Å². The van der Waals surface area contributed by atoms with Gasteiger partial charge in [0, 0.05) is 31.5 Å². The number of carbonyl (C=O) groups excluding carboxylic acids is 2. The number of rotatable bonds is 5. The predicted molar refractivity (Wildman–Crippen MR) is 114 cm³/mol. The molecule has 6 nitrogen and oxygen atoms in total. The van der Waals surface area contributed by atoms with Gasteiger partial charge in [-0.25, -0.2) is 0 Å². The van der Waals surface area contributed by atoms with Gasteiger partial charge in [0.2, 0.25) is 18.6 Å². The number of hydrogen-bond donors (Lipinski definition) is 1. The summed E-state index contributed by atoms with van der Waals surface area (Å²) in [7, 11) is 0. The summed E-state index contributed by atoms with van der Waals surface area (Å²) >= 11 is 0. The van der Waals surface area contributed by atoms with Gasteiger partial charge in [-0.15, -0.1) is 0 Å². The van der Waals surface area contributed by atoms with Crippen molar-refractivity contribution in [2.45, 2.75) is 32.5 Å². The number of nitrogens with one attached hydrogen (secondary N) is 1. The van der Waals surface area contributed by atoms with Gasteiger partial charge in [-0.1, -0.05) is 38.1 Å². The van der Waals surface area contributed by atoms with E-state index in [1.54, 1.807) is 43.0 Å². The van der Waals surface area contributed by atoms with E-state index in [-0.39, 0.29) is 44.2 Å². The van der Waals surface area contributed by atoms with Gasteiger partial charge in [0.15, 0.2) is 11.5 Å². The molecule has 2 aromatic carbocycles. The van der Waals surface area contributed by atoms with Crippen molar-refractivity contribution in [2.75, 3.05) is 19.9 Å². The Balaban J connectivity index is 1.54. The molecule has 0 bridgehead atoms. The fraction of sp³-hybridized carbons (Fsp3) is 0.417. The predicted octanol–water partition coefficient (Wildman–Crippen LogP) is 3.95. The fourth-order valence-electron chi connectivity index (χ4n) is 4.27. The highest BCUT2D eigenvalue weighted by atomic mass is 19.4. The van der Waals surface area contributed by atoms with Gasteiger partial charge in [0.1, 0.15) is 0 Å². The first kappa shape index (κ1) is 22.9. The summed E-state index contributed by atoms with van der Waals surface area (Å²) in [6, 6.07) is 10.3. The van der Waals surface area contributed by atoms with Crippen LogP contribution in [0.25, 0.3) is 0 Å². The molecular weight excluding hydrogens is 437 g/mol. The van der Waals surface area contributed by atoms with Crippen LogP contribution in [0.2, 0.25) is 0 Å². The SMILES string of the molecule is CC(C)C(=O)N1C[C@H](C(=O)NCc2ccc3c(c2)OCO3)[C@@H](c2cccc(C(F)(F)F)c2)C1. The van der Waals surface area contributed by atoms with Crippen molar-refractivity contribution in [3.05, 3.63) is 59.2 Å². The average molecular weight is 462 g/mol. The number of ether oxygens (including phenoxy) is 2. The first-order chi connectivity index (χ1) is 15.6. The van der Waals surface area contributed by atoms with Gasteiger partial charge in [-0.05, 0) is 29.3 Å². The van der Waals surface area contributed by atoms with Crippen molar-refractivity contribution in [2.24, 2.45) is 11.8 Å². The zero-order valence-electron chi connectivity index (χ0n) is 18.3. The lowest BCUT2D eigenvalue weighted by Crippen LogP contribution is -2.36. The number of amides is 2. The number of likely N-dealkylation sites (tertiary alicyclic amines) is 1. The molecule has 1 saturated heterocycles. The molecule has 0 spiro atoms. The Labute approximate surface area is 189 Å². The molecule has 176 valence electrons. The third-order valence-electron chi connectivity index (χ3n) is 6.01. The van der Waals surface area contributed by atoms with E-state index in [4.69, 9.17) is 9.47 Å². The number of halogens is 3. The topological polar surface area (TPSA) is 67.9 Å². The van der Waals surface area contributed by atoms with Crippen LogP contribution >= 0.6 is 0 Å². The van der Waals surface area contributed by atoms with Crippen LogP contribution in [-0.2, 0) is 22.3 Å². The van der Waals surface area contributed by atoms with E-state index < -0.39 is 23.6 Å². The molecule has 0 aromatic heterocycles. The molecule has 0 radical (unpaired) electrons. The Bertz CT molecular complexity index is 1050. The number of nitrogens with zero attached hydrogens (tertiary/aromatic N) is 1. The van der Waals surface area contributed by atoms with E-state index in [0.717, 1.165) is 17.7 Å². The van der Waals surface area contributed by atoms with E-state index in [0.29, 0.717) is 17.1 Å². The van der Waals surface area contributed by atoms with Crippen LogP contribution in [0.5, 0.6) is 11.5 Å². The lowest BCUT2D eigenvalue weighted by atomic mass is 9.87. The van der Waals surface area contributed by atoms with Gasteiger partial charge in [-0.2, -0.15) is 13.2 Å². The van der Waals surface area contributed by atoms with E-state index in [1.165, 1.54) is 6.07 Å². The van der Waals surface area contributed by atoms with Crippen molar-refractivity contribution < 1.29 is 32.2 Å². The minimum Gasteiger partial charge on any atom is -0.454 e. The third kappa shape index (κ3) is 4.91. The van der Waals surface area contributed by atoms with E-state index in [2.05, 4.69) is 5.32 Å². The molecule has 0 aliphatic carbocycles. The molecule has 2 amide bonds. The normalized spacial score (nSPS) is 19.8. The maximum atomic E-state index is 13.3. The molecule has 33 heavy (non-hydrogen) atoms. The zero-order valence-corrected chi connectivity index (χ0v) is 18.3. The lowest BCUT2D eigenvalue weighted by Gasteiger charge is -2.19. The summed E-state index contributed by atoms with van der Waals surface area (Å²) in [5.74, 6) is -0.682. The standard InChI is InChI=1S/C24H25F3N2O4/c1-14(2)23(31)29-11-18(16-4-3-5-17(9-16)24(25,26)27)19(12-29)22(30)28-10-15-6-7-20-21(8-15)33-13-32-20/h3-9,14,18-19H,10-13H2,1-2H3,(H,28,30)/t18-,19+/m1/s1. The molecule has 4 rings (SSSR count). The Morgan fingerprint density at radius 3 is 2.58 bits per heavy atom. The van der Waals surface area contributed by atoms with Crippen LogP contribution in [0, 0.1) is 11.8 Å². The third-order valence-corrected chi connectivity index (χ3v) is 6.01. The second-order valence-electron chi connectivity index (χ2n) is 8.64. The summed E-state index contributed by atoms with van der Waals surface area (Å²) in [6.07, 6.45) is -4.49. The first-order valence-corrected chi connectivity index (χ1v) is 10.8. The molecule has 2 aliphatic heterocycles. The van der Waals surface area contributed by atoms with Crippen LogP contribution < -0.4 is 14.8 Å². The van der Waals surface area contributed by atoms with Crippen LogP contribution in [-0.4, -0.2) is 36.6 Å². The van der Waals surface area contributed by atoms with Gasteiger partial charge in [0.05, 0.1) is 11.5 Å². The number of alkyl halides is 3. The summed E-state index contributed by atoms with van der Waals surface area (Å²) in [4.78, 5) is 27.3. The minimum absolute atomic E-state index is 0.127. The summed E-state index contributed by atoms with van der Waals surface area (Å²) in [5.41, 5.74) is 0.427. The maximum absolute atomic E-state index is 13.3. The number of hydrogen-bond acceptors (Lipinski definition) is 4. The van der Waals surface area contributed by atoms with Crippen molar-refractivity contribution in [3.63, 3.8) is 0 Å². The molecule has 0 unspecified atom stereocenters. The summed E-state index contributed by atoms with van der Waals surface area (Å²) in [6.45, 7) is 4.24. The molecule has 2 aromatic rings. The quantitative estimate of drug-likeness (QED) is 0.731. The summed E-state index contributed by atoms with van der Waals surface area (Å²) in [5, 5.41) is 2.87. The number of carbonyl (C=O) groups is 2. The highest BCUT2D eigenvalue weighted by Gasteiger charge is 2.41. The Morgan fingerprint density at radius 2 is 1.85 bits per heavy atom. The number of fused-ring (bicyclic) bond motifs is 1. The molecular formula is C24H25F3N2O4. The smallest absolute Gasteiger partial charge is 0.416 e. The second-order valence-corrected chi connectivity index (χ2v) is 8.64. The van der Waals surface area contributed by atoms with Crippen molar-refractivity contribution >= 4 is 11.8 Å². The van der Waals surface area contributed by atoms with Crippen LogP contribution in [0.4, 0.5) is 13.2 Å². The molecule has 9 heteroatoms. The highest BCUT2D eigenvalue weighted by molar-refractivity contribution is 5.84. The Morgan fingerprint density at radius 1 is 1.09 bits per heavy atom. The number of benzene rings is 2. The maximum Gasteiger partial charge on any atom is 0.416 e. The zero-order chi connectivity index (χ0) is 23.8. The molecule has 2 aliphatic rings. The molecule has 2 heterocycles. The molecule has 2 atom stereocenters. The monoisotopic (exact) mass is 462 g/mol. The van der Waals surface area contributed by atoms with Gasteiger partial charge in [0.25, 0.3) is 0 Å². The Kier molecular flexibility index (Phi) is 6.23. The van der Waals surface area contributed by atoms with Gasteiger partial charge in [-0.3, -0.25) is 9.59 Å². The lowest BCUT2D eigenvalue weighted by molar-refractivity contribution is -0.137. The second kappa shape index (κ2) is 8.96. The summed E-state index contributed by atoms with van der Waals surface area (Å²) < 4.78 is 50.4. The van der Waals surface area contributed by atoms with Crippen molar-refractivity contribution in [1.29, 1.82) is 0 Å². The van der Waals surface area contributed by atoms with Crippen molar-refractivity contribution in [3.8, 4) is 11.5 Å². The fourth-order valence-corrected chi connectivity index (χ4v) is 4.27. The molecule has 1 fully saturated rings. The Hall–Kier alpha value is -3.23. The van der Waals surface area contributed by atoms with Gasteiger partial charge < -0.3 is 19.7 Å². The van der Waals surface area contributed by atoms with Crippen LogP contribution in [0.1, 0.15) is 36.5 Å². The molecule has 1 N–H and O–H groups in total. The van der Waals surface area contributed by atoms with Crippen LogP contribution in [0.15, 0.2) is 42.5 Å². The minimum atomic E-state index is -4.49. The average Bonchev–Trinajstić information content (AvgIpc) is 3.43.